The molecule has 3 heteroatoms. The van der Waals surface area contributed by atoms with E-state index in [0.717, 1.165) is 5.57 Å². The number of fused-ring (bicyclic) bond motifs is 2. The number of ketones is 3. The quantitative estimate of drug-likeness (QED) is 0.550. The van der Waals surface area contributed by atoms with E-state index in [1.165, 1.54) is 0 Å². The summed E-state index contributed by atoms with van der Waals surface area (Å²) in [4.78, 5) is 37.4. The maximum Gasteiger partial charge on any atom is 0.234 e. The SMILES string of the molecule is CC(C)C1=CC2=C(C(=O)C1=O)C1=CC(=O)CC(C)(C)C1(C)C=C2. The van der Waals surface area contributed by atoms with Crippen molar-refractivity contribution in [2.75, 3.05) is 0 Å². The van der Waals surface area contributed by atoms with Crippen LogP contribution in [0.2, 0.25) is 0 Å². The van der Waals surface area contributed by atoms with Crippen molar-refractivity contribution in [3.63, 3.8) is 0 Å². The molecule has 0 bridgehead atoms. The third kappa shape index (κ3) is 2.06. The summed E-state index contributed by atoms with van der Waals surface area (Å²) < 4.78 is 0. The zero-order valence-corrected chi connectivity index (χ0v) is 14.3. The first-order chi connectivity index (χ1) is 10.6. The zero-order valence-electron chi connectivity index (χ0n) is 14.3. The highest BCUT2D eigenvalue weighted by Crippen LogP contribution is 2.56. The lowest BCUT2D eigenvalue weighted by Gasteiger charge is -2.49. The van der Waals surface area contributed by atoms with E-state index < -0.39 is 17.0 Å². The third-order valence-corrected chi connectivity index (χ3v) is 5.67. The Morgan fingerprint density at radius 1 is 1.00 bits per heavy atom. The van der Waals surface area contributed by atoms with Crippen molar-refractivity contribution in [3.05, 3.63) is 46.6 Å². The Morgan fingerprint density at radius 3 is 2.26 bits per heavy atom. The van der Waals surface area contributed by atoms with Crippen LogP contribution in [0.15, 0.2) is 46.6 Å². The normalized spacial score (nSPS) is 29.4. The Labute approximate surface area is 136 Å². The van der Waals surface area contributed by atoms with Crippen LogP contribution in [0.25, 0.3) is 0 Å². The van der Waals surface area contributed by atoms with Gasteiger partial charge >= 0.3 is 0 Å². The fourth-order valence-corrected chi connectivity index (χ4v) is 3.77. The van der Waals surface area contributed by atoms with Crippen molar-refractivity contribution in [3.8, 4) is 0 Å². The number of Topliss-reactive ketones (excluding diaryl/α,β-unsaturated/α-hetero) is 2. The average molecular weight is 310 g/mol. The Balaban J connectivity index is 2.26. The summed E-state index contributed by atoms with van der Waals surface area (Å²) >= 11 is 0. The Morgan fingerprint density at radius 2 is 1.65 bits per heavy atom. The minimum Gasteiger partial charge on any atom is -0.295 e. The molecule has 0 aliphatic heterocycles. The van der Waals surface area contributed by atoms with E-state index in [9.17, 15) is 14.4 Å². The first-order valence-electron chi connectivity index (χ1n) is 8.08. The van der Waals surface area contributed by atoms with E-state index in [1.807, 2.05) is 46.8 Å². The Hall–Kier alpha value is -2.03. The lowest BCUT2D eigenvalue weighted by atomic mass is 9.53. The zero-order chi connectivity index (χ0) is 17.2. The largest absolute Gasteiger partial charge is 0.295 e. The van der Waals surface area contributed by atoms with Gasteiger partial charge in [-0.25, -0.2) is 0 Å². The molecule has 0 saturated heterocycles. The predicted molar refractivity (Wildman–Crippen MR) is 88.7 cm³/mol. The third-order valence-electron chi connectivity index (χ3n) is 5.67. The van der Waals surface area contributed by atoms with E-state index in [-0.39, 0.29) is 17.1 Å². The van der Waals surface area contributed by atoms with Gasteiger partial charge in [-0.2, -0.15) is 0 Å². The molecule has 0 aromatic rings. The van der Waals surface area contributed by atoms with Crippen LogP contribution in [0.3, 0.4) is 0 Å². The van der Waals surface area contributed by atoms with Crippen molar-refractivity contribution in [1.29, 1.82) is 0 Å². The molecule has 120 valence electrons. The molecule has 3 nitrogen and oxygen atoms in total. The smallest absolute Gasteiger partial charge is 0.234 e. The highest BCUT2D eigenvalue weighted by atomic mass is 16.2. The minimum absolute atomic E-state index is 0.000573. The van der Waals surface area contributed by atoms with Gasteiger partial charge in [-0.1, -0.05) is 46.8 Å². The van der Waals surface area contributed by atoms with E-state index in [0.29, 0.717) is 23.1 Å². The second-order valence-electron chi connectivity index (χ2n) is 7.86. The Bertz CT molecular complexity index is 769. The fraction of sp³-hybridized carbons (Fsp3) is 0.450. The minimum atomic E-state index is -0.474. The van der Waals surface area contributed by atoms with Gasteiger partial charge in [0.05, 0.1) is 0 Å². The fourth-order valence-electron chi connectivity index (χ4n) is 3.77. The molecule has 0 heterocycles. The summed E-state index contributed by atoms with van der Waals surface area (Å²) in [7, 11) is 0. The van der Waals surface area contributed by atoms with Gasteiger partial charge in [0, 0.05) is 23.0 Å². The highest BCUT2D eigenvalue weighted by molar-refractivity contribution is 6.51. The number of allylic oxidation sites excluding steroid dienone is 8. The number of rotatable bonds is 1. The monoisotopic (exact) mass is 310 g/mol. The highest BCUT2D eigenvalue weighted by Gasteiger charge is 2.50. The summed E-state index contributed by atoms with van der Waals surface area (Å²) in [6.45, 7) is 9.94. The molecule has 0 aromatic heterocycles. The molecule has 0 N–H and O–H groups in total. The second-order valence-corrected chi connectivity index (χ2v) is 7.86. The van der Waals surface area contributed by atoms with E-state index in [4.69, 9.17) is 0 Å². The lowest BCUT2D eigenvalue weighted by Crippen LogP contribution is -2.44. The van der Waals surface area contributed by atoms with E-state index >= 15 is 0 Å². The molecule has 0 saturated carbocycles. The second kappa shape index (κ2) is 4.73. The molecule has 0 aromatic carbocycles. The maximum absolute atomic E-state index is 12.8. The number of hydrogen-bond donors (Lipinski definition) is 0. The number of carbonyl (C=O) groups excluding carboxylic acids is 3. The molecule has 1 atom stereocenters. The van der Waals surface area contributed by atoms with Crippen molar-refractivity contribution in [2.45, 2.75) is 41.0 Å². The van der Waals surface area contributed by atoms with E-state index in [2.05, 4.69) is 6.08 Å². The van der Waals surface area contributed by atoms with E-state index in [1.54, 1.807) is 6.08 Å². The van der Waals surface area contributed by atoms with Crippen LogP contribution in [0.4, 0.5) is 0 Å². The molecule has 23 heavy (non-hydrogen) atoms. The van der Waals surface area contributed by atoms with Crippen LogP contribution in [0.5, 0.6) is 0 Å². The van der Waals surface area contributed by atoms with Gasteiger partial charge in [0.25, 0.3) is 0 Å². The number of carbonyl (C=O) groups is 3. The topological polar surface area (TPSA) is 51.2 Å². The molecule has 3 aliphatic carbocycles. The molecule has 3 rings (SSSR count). The average Bonchev–Trinajstić information content (AvgIpc) is 2.43. The molecule has 0 spiro atoms. The molecule has 0 radical (unpaired) electrons. The van der Waals surface area contributed by atoms with Gasteiger partial charge in [0.15, 0.2) is 5.78 Å². The standard InChI is InChI=1S/C20H22O3/c1-11(2)14-8-12-6-7-20(5)15(16(12)18(23)17(14)22)9-13(21)10-19(20,3)4/h6-9,11H,10H2,1-5H3. The van der Waals surface area contributed by atoms with Crippen LogP contribution < -0.4 is 0 Å². The van der Waals surface area contributed by atoms with Crippen LogP contribution in [0.1, 0.15) is 41.0 Å². The molecule has 3 aliphatic rings. The summed E-state index contributed by atoms with van der Waals surface area (Å²) in [5.74, 6) is -0.893. The molecular weight excluding hydrogens is 288 g/mol. The van der Waals surface area contributed by atoms with Crippen LogP contribution in [0, 0.1) is 16.7 Å². The van der Waals surface area contributed by atoms with Gasteiger partial charge in [-0.3, -0.25) is 14.4 Å². The first-order valence-corrected chi connectivity index (χ1v) is 8.08. The van der Waals surface area contributed by atoms with Crippen LogP contribution in [-0.4, -0.2) is 17.3 Å². The molecule has 1 unspecified atom stereocenters. The Kier molecular flexibility index (Phi) is 3.26. The maximum atomic E-state index is 12.8. The summed E-state index contributed by atoms with van der Waals surface area (Å²) in [5.41, 5.74) is 1.71. The van der Waals surface area contributed by atoms with Crippen LogP contribution >= 0.6 is 0 Å². The van der Waals surface area contributed by atoms with Crippen molar-refractivity contribution in [1.82, 2.24) is 0 Å². The molecular formula is C20H22O3. The van der Waals surface area contributed by atoms with Gasteiger partial charge in [0.1, 0.15) is 0 Å². The van der Waals surface area contributed by atoms with Crippen molar-refractivity contribution < 1.29 is 14.4 Å². The van der Waals surface area contributed by atoms with Gasteiger partial charge in [-0.15, -0.1) is 0 Å². The summed E-state index contributed by atoms with van der Waals surface area (Å²) in [6.07, 6.45) is 7.85. The molecule has 0 amide bonds. The molecule has 0 fully saturated rings. The first kappa shape index (κ1) is 15.9. The van der Waals surface area contributed by atoms with Crippen molar-refractivity contribution >= 4 is 17.3 Å². The summed E-state index contributed by atoms with van der Waals surface area (Å²) in [6, 6.07) is 0. The van der Waals surface area contributed by atoms with Gasteiger partial charge in [0.2, 0.25) is 11.6 Å². The predicted octanol–water partition coefficient (Wildman–Crippen LogP) is 3.52. The van der Waals surface area contributed by atoms with Gasteiger partial charge < -0.3 is 0 Å². The summed E-state index contributed by atoms with van der Waals surface area (Å²) in [5, 5.41) is 0. The van der Waals surface area contributed by atoms with Gasteiger partial charge in [-0.05, 0) is 34.6 Å². The number of hydrogen-bond acceptors (Lipinski definition) is 3. The van der Waals surface area contributed by atoms with Crippen molar-refractivity contribution in [2.24, 2.45) is 16.7 Å². The van der Waals surface area contributed by atoms with Crippen LogP contribution in [-0.2, 0) is 14.4 Å². The lowest BCUT2D eigenvalue weighted by molar-refractivity contribution is -0.132.